The molecule has 2 aromatic carbocycles. The van der Waals surface area contributed by atoms with E-state index in [0.29, 0.717) is 24.9 Å². The molecule has 0 spiro atoms. The van der Waals surface area contributed by atoms with E-state index in [-0.39, 0.29) is 25.1 Å². The number of benzene rings is 2. The van der Waals surface area contributed by atoms with Crippen molar-refractivity contribution in [1.29, 1.82) is 0 Å². The Kier molecular flexibility index (Phi) is 5.12. The Labute approximate surface area is 188 Å². The Morgan fingerprint density at radius 1 is 1.18 bits per heavy atom. The molecule has 1 saturated carbocycles. The first-order chi connectivity index (χ1) is 15.7. The van der Waals surface area contributed by atoms with Crippen molar-refractivity contribution in [1.82, 2.24) is 9.78 Å². The average molecular weight is 460 g/mol. The number of hydrogen-bond donors (Lipinski definition) is 0. The van der Waals surface area contributed by atoms with Gasteiger partial charge in [-0.05, 0) is 92.0 Å². The first-order valence-electron chi connectivity index (χ1n) is 11.1. The lowest BCUT2D eigenvalue weighted by molar-refractivity contribution is -0.287. The molecule has 3 atom stereocenters. The van der Waals surface area contributed by atoms with Crippen molar-refractivity contribution in [2.24, 2.45) is 5.92 Å². The monoisotopic (exact) mass is 460 g/mol. The molecule has 0 saturated heterocycles. The molecule has 0 aliphatic heterocycles. The Hall–Kier alpha value is -2.74. The second kappa shape index (κ2) is 7.65. The third kappa shape index (κ3) is 3.29. The summed E-state index contributed by atoms with van der Waals surface area (Å²) in [5.41, 5.74) is 0.0844. The van der Waals surface area contributed by atoms with E-state index in [0.717, 1.165) is 35.4 Å². The standard InChI is InChI=1S/C25H24F4N2O2/c1-33-24(25(27,28)29)10-9-23(15-32)18(13-24)4-2-3-16-12-22-17(11-21(16)23)14-30-31(22)20-7-5-19(26)6-8-20/h5-8,11-12,14-15,18H,2-4,9-10,13H2,1H3/t18-,23+,24-/m1/s1. The summed E-state index contributed by atoms with van der Waals surface area (Å²) in [6.07, 6.45) is -0.477. The molecule has 2 aliphatic carbocycles. The number of ether oxygens (including phenoxy) is 1. The lowest BCUT2D eigenvalue weighted by Gasteiger charge is -2.49. The number of aromatic nitrogens is 2. The highest BCUT2D eigenvalue weighted by Gasteiger charge is 2.62. The van der Waals surface area contributed by atoms with Crippen LogP contribution in [0.25, 0.3) is 16.6 Å². The minimum absolute atomic E-state index is 0.0825. The number of methoxy groups -OCH3 is 1. The normalized spacial score (nSPS) is 27.6. The Bertz CT molecular complexity index is 1200. The number of aldehydes is 1. The smallest absolute Gasteiger partial charge is 0.369 e. The molecule has 33 heavy (non-hydrogen) atoms. The number of aryl methyl sites for hydroxylation is 1. The first kappa shape index (κ1) is 22.1. The van der Waals surface area contributed by atoms with Crippen LogP contribution in [-0.2, 0) is 21.4 Å². The van der Waals surface area contributed by atoms with E-state index in [9.17, 15) is 22.4 Å². The summed E-state index contributed by atoms with van der Waals surface area (Å²) in [5.74, 6) is -0.803. The third-order valence-electron chi connectivity index (χ3n) is 7.73. The Morgan fingerprint density at radius 2 is 1.94 bits per heavy atom. The fraction of sp³-hybridized carbons (Fsp3) is 0.440. The van der Waals surface area contributed by atoms with Gasteiger partial charge in [0.2, 0.25) is 0 Å². The number of fused-ring (bicyclic) bond motifs is 4. The molecule has 1 heterocycles. The fourth-order valence-electron chi connectivity index (χ4n) is 5.87. The predicted octanol–water partition coefficient (Wildman–Crippen LogP) is 5.69. The summed E-state index contributed by atoms with van der Waals surface area (Å²) in [6, 6.07) is 9.90. The maximum absolute atomic E-state index is 13.9. The van der Waals surface area contributed by atoms with E-state index in [1.807, 2.05) is 12.1 Å². The largest absolute Gasteiger partial charge is 0.417 e. The van der Waals surface area contributed by atoms with E-state index < -0.39 is 23.1 Å². The number of rotatable bonds is 3. The van der Waals surface area contributed by atoms with Crippen LogP contribution in [0.3, 0.4) is 0 Å². The van der Waals surface area contributed by atoms with Gasteiger partial charge in [0.25, 0.3) is 0 Å². The highest BCUT2D eigenvalue weighted by molar-refractivity contribution is 5.85. The van der Waals surface area contributed by atoms with Crippen LogP contribution in [0.4, 0.5) is 17.6 Å². The molecular weight excluding hydrogens is 436 g/mol. The molecular formula is C25H24F4N2O2. The van der Waals surface area contributed by atoms with Gasteiger partial charge >= 0.3 is 6.18 Å². The number of carbonyl (C=O) groups is 1. The molecule has 8 heteroatoms. The number of hydrogen-bond acceptors (Lipinski definition) is 3. The van der Waals surface area contributed by atoms with Crippen molar-refractivity contribution >= 4 is 17.2 Å². The van der Waals surface area contributed by atoms with Crippen LogP contribution < -0.4 is 0 Å². The molecule has 1 aromatic heterocycles. The van der Waals surface area contributed by atoms with Gasteiger partial charge < -0.3 is 9.53 Å². The number of alkyl halides is 3. The maximum Gasteiger partial charge on any atom is 0.417 e. The molecule has 2 aliphatic rings. The zero-order chi connectivity index (χ0) is 23.4. The van der Waals surface area contributed by atoms with Crippen LogP contribution in [0.2, 0.25) is 0 Å². The van der Waals surface area contributed by atoms with Crippen molar-refractivity contribution < 1.29 is 27.1 Å². The highest BCUT2D eigenvalue weighted by Crippen LogP contribution is 2.56. The maximum atomic E-state index is 13.9. The van der Waals surface area contributed by atoms with Gasteiger partial charge in [-0.25, -0.2) is 9.07 Å². The molecule has 0 unspecified atom stereocenters. The Balaban J connectivity index is 1.62. The molecule has 0 N–H and O–H groups in total. The quantitative estimate of drug-likeness (QED) is 0.373. The van der Waals surface area contributed by atoms with Gasteiger partial charge in [0.05, 0.1) is 22.8 Å². The van der Waals surface area contributed by atoms with E-state index in [2.05, 4.69) is 5.10 Å². The second-order valence-corrected chi connectivity index (χ2v) is 9.25. The van der Waals surface area contributed by atoms with E-state index in [1.54, 1.807) is 23.0 Å². The van der Waals surface area contributed by atoms with Gasteiger partial charge in [-0.3, -0.25) is 0 Å². The predicted molar refractivity (Wildman–Crippen MR) is 115 cm³/mol. The number of nitrogens with zero attached hydrogens (tertiary/aromatic N) is 2. The Morgan fingerprint density at radius 3 is 2.61 bits per heavy atom. The molecule has 174 valence electrons. The van der Waals surface area contributed by atoms with E-state index >= 15 is 0 Å². The lowest BCUT2D eigenvalue weighted by atomic mass is 9.58. The van der Waals surface area contributed by atoms with Crippen molar-refractivity contribution in [2.75, 3.05) is 7.11 Å². The van der Waals surface area contributed by atoms with Crippen molar-refractivity contribution in [3.63, 3.8) is 0 Å². The average Bonchev–Trinajstić information content (AvgIpc) is 3.14. The first-order valence-corrected chi connectivity index (χ1v) is 11.1. The molecule has 0 amide bonds. The number of carbonyl (C=O) groups excluding carboxylic acids is 1. The summed E-state index contributed by atoms with van der Waals surface area (Å²) >= 11 is 0. The van der Waals surface area contributed by atoms with Gasteiger partial charge in [0.15, 0.2) is 5.60 Å². The highest BCUT2D eigenvalue weighted by atomic mass is 19.4. The van der Waals surface area contributed by atoms with Gasteiger partial charge in [0, 0.05) is 12.5 Å². The summed E-state index contributed by atoms with van der Waals surface area (Å²) in [5, 5.41) is 5.24. The van der Waals surface area contributed by atoms with E-state index in [4.69, 9.17) is 4.74 Å². The minimum Gasteiger partial charge on any atom is -0.369 e. The fourth-order valence-corrected chi connectivity index (χ4v) is 5.87. The van der Waals surface area contributed by atoms with E-state index in [1.165, 1.54) is 12.1 Å². The van der Waals surface area contributed by atoms with Gasteiger partial charge in [-0.1, -0.05) is 0 Å². The SMILES string of the molecule is CO[C@]1(C(F)(F)F)CC[C@@]2(C=O)c3cc4cnn(-c5ccc(F)cc5)c4cc3CCC[C@@H]2C1. The molecule has 3 aromatic rings. The van der Waals surface area contributed by atoms with Crippen LogP contribution in [0.5, 0.6) is 0 Å². The van der Waals surface area contributed by atoms with Crippen molar-refractivity contribution in [2.45, 2.75) is 55.7 Å². The van der Waals surface area contributed by atoms with Gasteiger partial charge in [0.1, 0.15) is 12.1 Å². The van der Waals surface area contributed by atoms with Gasteiger partial charge in [-0.15, -0.1) is 0 Å². The molecule has 0 radical (unpaired) electrons. The van der Waals surface area contributed by atoms with Crippen LogP contribution in [0.15, 0.2) is 42.6 Å². The summed E-state index contributed by atoms with van der Waals surface area (Å²) in [6.45, 7) is 0. The molecule has 5 rings (SSSR count). The zero-order valence-electron chi connectivity index (χ0n) is 18.2. The summed E-state index contributed by atoms with van der Waals surface area (Å²) in [4.78, 5) is 12.6. The molecule has 4 nitrogen and oxygen atoms in total. The summed E-state index contributed by atoms with van der Waals surface area (Å²) < 4.78 is 61.9. The minimum atomic E-state index is -4.49. The van der Waals surface area contributed by atoms with Crippen molar-refractivity contribution in [3.8, 4) is 5.69 Å². The topological polar surface area (TPSA) is 44.1 Å². The third-order valence-corrected chi connectivity index (χ3v) is 7.73. The van der Waals surface area contributed by atoms with Crippen LogP contribution in [0.1, 0.15) is 43.2 Å². The van der Waals surface area contributed by atoms with Crippen LogP contribution >= 0.6 is 0 Å². The second-order valence-electron chi connectivity index (χ2n) is 9.25. The molecule has 1 fully saturated rings. The van der Waals surface area contributed by atoms with Crippen molar-refractivity contribution in [3.05, 3.63) is 59.5 Å². The summed E-state index contributed by atoms with van der Waals surface area (Å²) in [7, 11) is 1.11. The van der Waals surface area contributed by atoms with Gasteiger partial charge in [-0.2, -0.15) is 18.3 Å². The number of halogens is 4. The lowest BCUT2D eigenvalue weighted by Crippen LogP contribution is -2.56. The van der Waals surface area contributed by atoms with Crippen LogP contribution in [0, 0.1) is 11.7 Å². The zero-order valence-corrected chi connectivity index (χ0v) is 18.2. The molecule has 0 bridgehead atoms. The van der Waals surface area contributed by atoms with Crippen LogP contribution in [-0.4, -0.2) is 35.0 Å².